The van der Waals surface area contributed by atoms with Crippen LogP contribution in [0.4, 0.5) is 0 Å². The third-order valence-corrected chi connectivity index (χ3v) is 7.82. The van der Waals surface area contributed by atoms with Crippen LogP contribution in [-0.4, -0.2) is 28.8 Å². The Labute approximate surface area is 226 Å². The summed E-state index contributed by atoms with van der Waals surface area (Å²) in [5.74, 6) is -0.167. The molecule has 1 aliphatic rings. The maximum atomic E-state index is 14.0. The lowest BCUT2D eigenvalue weighted by molar-refractivity contribution is -0.141. The van der Waals surface area contributed by atoms with Crippen molar-refractivity contribution in [2.24, 2.45) is 0 Å². The van der Waals surface area contributed by atoms with Crippen LogP contribution in [0.5, 0.6) is 0 Å². The number of rotatable bonds is 9. The van der Waals surface area contributed by atoms with Crippen LogP contribution in [0.1, 0.15) is 59.9 Å². The molecule has 1 atom stereocenters. The molecule has 0 heterocycles. The second kappa shape index (κ2) is 12.9. The van der Waals surface area contributed by atoms with Gasteiger partial charge in [0.1, 0.15) is 6.04 Å². The fourth-order valence-corrected chi connectivity index (χ4v) is 5.29. The second-order valence-electron chi connectivity index (χ2n) is 10.3. The first kappa shape index (κ1) is 26.9. The Balaban J connectivity index is 1.67. The normalized spacial score (nSPS) is 14.7. The number of carbonyl (C=O) groups excluding carboxylic acids is 2. The Morgan fingerprint density at radius 1 is 0.892 bits per heavy atom. The van der Waals surface area contributed by atoms with E-state index in [-0.39, 0.29) is 30.8 Å². The van der Waals surface area contributed by atoms with E-state index in [2.05, 4.69) is 25.2 Å². The van der Waals surface area contributed by atoms with Gasteiger partial charge < -0.3 is 10.2 Å². The van der Waals surface area contributed by atoms with Gasteiger partial charge in [-0.05, 0) is 60.6 Å². The first-order valence-electron chi connectivity index (χ1n) is 13.3. The Morgan fingerprint density at radius 2 is 1.59 bits per heavy atom. The SMILES string of the molecule is Cc1ccc(CC(=O)N(Cc2ccccc2Cl)C(Cc2ccccc2)C(=O)NC2CCCCC2)cc1C. The van der Waals surface area contributed by atoms with Crippen LogP contribution in [0, 0.1) is 13.8 Å². The van der Waals surface area contributed by atoms with Gasteiger partial charge in [0.15, 0.2) is 0 Å². The highest BCUT2D eigenvalue weighted by Crippen LogP contribution is 2.23. The van der Waals surface area contributed by atoms with Gasteiger partial charge in [0, 0.05) is 24.0 Å². The summed E-state index contributed by atoms with van der Waals surface area (Å²) in [6.07, 6.45) is 6.13. The van der Waals surface area contributed by atoms with Crippen LogP contribution in [0.25, 0.3) is 0 Å². The number of halogens is 1. The zero-order valence-corrected chi connectivity index (χ0v) is 22.6. The van der Waals surface area contributed by atoms with Crippen LogP contribution in [0.15, 0.2) is 72.8 Å². The molecule has 0 bridgehead atoms. The van der Waals surface area contributed by atoms with Gasteiger partial charge in [-0.2, -0.15) is 0 Å². The molecular formula is C32H37ClN2O2. The smallest absolute Gasteiger partial charge is 0.243 e. The molecule has 1 fully saturated rings. The van der Waals surface area contributed by atoms with Crippen molar-refractivity contribution in [3.8, 4) is 0 Å². The van der Waals surface area contributed by atoms with Gasteiger partial charge in [0.05, 0.1) is 6.42 Å². The molecule has 1 saturated carbocycles. The van der Waals surface area contributed by atoms with Gasteiger partial charge in [-0.25, -0.2) is 0 Å². The summed E-state index contributed by atoms with van der Waals surface area (Å²) in [7, 11) is 0. The third kappa shape index (κ3) is 7.45. The van der Waals surface area contributed by atoms with Crippen molar-refractivity contribution in [3.05, 3.63) is 106 Å². The number of aryl methyl sites for hydroxylation is 2. The van der Waals surface area contributed by atoms with Crippen LogP contribution >= 0.6 is 11.6 Å². The minimum absolute atomic E-state index is 0.0806. The summed E-state index contributed by atoms with van der Waals surface area (Å²) >= 11 is 6.53. The van der Waals surface area contributed by atoms with Crippen molar-refractivity contribution < 1.29 is 9.59 Å². The number of hydrogen-bond acceptors (Lipinski definition) is 2. The van der Waals surface area contributed by atoms with Crippen molar-refractivity contribution >= 4 is 23.4 Å². The van der Waals surface area contributed by atoms with E-state index in [1.807, 2.05) is 66.7 Å². The largest absolute Gasteiger partial charge is 0.352 e. The van der Waals surface area contributed by atoms with Crippen LogP contribution in [0.2, 0.25) is 5.02 Å². The minimum Gasteiger partial charge on any atom is -0.352 e. The highest BCUT2D eigenvalue weighted by Gasteiger charge is 2.32. The molecule has 0 radical (unpaired) electrons. The minimum atomic E-state index is -0.639. The van der Waals surface area contributed by atoms with Crippen LogP contribution in [0.3, 0.4) is 0 Å². The number of nitrogens with zero attached hydrogens (tertiary/aromatic N) is 1. The Bertz CT molecular complexity index is 1200. The van der Waals surface area contributed by atoms with E-state index in [9.17, 15) is 9.59 Å². The van der Waals surface area contributed by atoms with Crippen molar-refractivity contribution in [3.63, 3.8) is 0 Å². The average Bonchev–Trinajstić information content (AvgIpc) is 2.90. The summed E-state index contributed by atoms with van der Waals surface area (Å²) in [4.78, 5) is 29.5. The first-order chi connectivity index (χ1) is 17.9. The maximum Gasteiger partial charge on any atom is 0.243 e. The number of nitrogens with one attached hydrogen (secondary N) is 1. The molecule has 0 saturated heterocycles. The molecule has 5 heteroatoms. The first-order valence-corrected chi connectivity index (χ1v) is 13.7. The number of hydrogen-bond donors (Lipinski definition) is 1. The van der Waals surface area contributed by atoms with Gasteiger partial charge in [0.2, 0.25) is 11.8 Å². The van der Waals surface area contributed by atoms with E-state index < -0.39 is 6.04 Å². The predicted molar refractivity (Wildman–Crippen MR) is 151 cm³/mol. The molecule has 0 aliphatic heterocycles. The monoisotopic (exact) mass is 516 g/mol. The van der Waals surface area contributed by atoms with E-state index >= 15 is 0 Å². The lowest BCUT2D eigenvalue weighted by Crippen LogP contribution is -2.53. The summed E-state index contributed by atoms with van der Waals surface area (Å²) in [5, 5.41) is 3.88. The lowest BCUT2D eigenvalue weighted by atomic mass is 9.94. The van der Waals surface area contributed by atoms with E-state index in [0.29, 0.717) is 11.4 Å². The van der Waals surface area contributed by atoms with Crippen molar-refractivity contribution in [1.29, 1.82) is 0 Å². The van der Waals surface area contributed by atoms with E-state index in [1.165, 1.54) is 12.0 Å². The van der Waals surface area contributed by atoms with Gasteiger partial charge in [-0.1, -0.05) is 97.6 Å². The molecule has 0 spiro atoms. The molecule has 37 heavy (non-hydrogen) atoms. The number of benzene rings is 3. The molecule has 1 aliphatic carbocycles. The van der Waals surface area contributed by atoms with Gasteiger partial charge in [0.25, 0.3) is 0 Å². The van der Waals surface area contributed by atoms with Crippen LogP contribution < -0.4 is 5.32 Å². The predicted octanol–water partition coefficient (Wildman–Crippen LogP) is 6.59. The Hall–Kier alpha value is -3.11. The molecular weight excluding hydrogens is 480 g/mol. The van der Waals surface area contributed by atoms with Crippen molar-refractivity contribution in [2.75, 3.05) is 0 Å². The molecule has 1 unspecified atom stereocenters. The molecule has 3 aromatic carbocycles. The average molecular weight is 517 g/mol. The molecule has 4 nitrogen and oxygen atoms in total. The standard InChI is InChI=1S/C32H37ClN2O2/c1-23-17-18-26(19-24(23)2)21-31(36)35(22-27-13-9-10-16-29(27)33)30(20-25-11-5-3-6-12-25)32(37)34-28-14-7-4-8-15-28/h3,5-6,9-13,16-19,28,30H,4,7-8,14-15,20-22H2,1-2H3,(H,34,37). The summed E-state index contributed by atoms with van der Waals surface area (Å²) in [6.45, 7) is 4.40. The van der Waals surface area contributed by atoms with E-state index in [0.717, 1.165) is 47.9 Å². The lowest BCUT2D eigenvalue weighted by Gasteiger charge is -2.34. The van der Waals surface area contributed by atoms with Gasteiger partial charge >= 0.3 is 0 Å². The van der Waals surface area contributed by atoms with Gasteiger partial charge in [-0.15, -0.1) is 0 Å². The zero-order valence-electron chi connectivity index (χ0n) is 21.9. The summed E-state index contributed by atoms with van der Waals surface area (Å²) in [6, 6.07) is 23.1. The van der Waals surface area contributed by atoms with Crippen molar-refractivity contribution in [1.82, 2.24) is 10.2 Å². The third-order valence-electron chi connectivity index (χ3n) is 7.45. The molecule has 2 amide bonds. The summed E-state index contributed by atoms with van der Waals surface area (Å²) in [5.41, 5.74) is 5.15. The van der Waals surface area contributed by atoms with E-state index in [4.69, 9.17) is 11.6 Å². The molecule has 3 aromatic rings. The molecule has 0 aromatic heterocycles. The Morgan fingerprint density at radius 3 is 2.30 bits per heavy atom. The molecule has 4 rings (SSSR count). The topological polar surface area (TPSA) is 49.4 Å². The maximum absolute atomic E-state index is 14.0. The summed E-state index contributed by atoms with van der Waals surface area (Å²) < 4.78 is 0. The zero-order chi connectivity index (χ0) is 26.2. The number of carbonyl (C=O) groups is 2. The second-order valence-corrected chi connectivity index (χ2v) is 10.7. The highest BCUT2D eigenvalue weighted by molar-refractivity contribution is 6.31. The fraction of sp³-hybridized carbons (Fsp3) is 0.375. The molecule has 194 valence electrons. The number of amides is 2. The molecule has 1 N–H and O–H groups in total. The van der Waals surface area contributed by atoms with E-state index in [1.54, 1.807) is 4.90 Å². The van der Waals surface area contributed by atoms with Crippen molar-refractivity contribution in [2.45, 2.75) is 77.4 Å². The fourth-order valence-electron chi connectivity index (χ4n) is 5.10. The highest BCUT2D eigenvalue weighted by atomic mass is 35.5. The van der Waals surface area contributed by atoms with Crippen LogP contribution in [-0.2, 0) is 29.0 Å². The van der Waals surface area contributed by atoms with Gasteiger partial charge in [-0.3, -0.25) is 9.59 Å². The Kier molecular flexibility index (Phi) is 9.40. The quantitative estimate of drug-likeness (QED) is 0.349.